The van der Waals surface area contributed by atoms with Gasteiger partial charge in [0.15, 0.2) is 0 Å². The summed E-state index contributed by atoms with van der Waals surface area (Å²) in [4.78, 5) is 4.07. The van der Waals surface area contributed by atoms with E-state index in [9.17, 15) is 8.42 Å². The first-order valence-corrected chi connectivity index (χ1v) is 6.70. The summed E-state index contributed by atoms with van der Waals surface area (Å²) in [5.74, 6) is 0. The zero-order valence-electron chi connectivity index (χ0n) is 8.91. The second kappa shape index (κ2) is 4.48. The zero-order valence-corrected chi connectivity index (χ0v) is 9.73. The second-order valence-electron chi connectivity index (χ2n) is 3.95. The molecule has 0 aromatic carbocycles. The van der Waals surface area contributed by atoms with Crippen molar-refractivity contribution in [2.75, 3.05) is 13.1 Å². The number of aromatic nitrogens is 1. The summed E-state index contributed by atoms with van der Waals surface area (Å²) in [5, 5.41) is 0. The van der Waals surface area contributed by atoms with E-state index in [0.717, 1.165) is 12.8 Å². The van der Waals surface area contributed by atoms with Gasteiger partial charge in [-0.2, -0.15) is 4.31 Å². The van der Waals surface area contributed by atoms with Crippen LogP contribution in [0.25, 0.3) is 0 Å². The van der Waals surface area contributed by atoms with Crippen molar-refractivity contribution in [1.82, 2.24) is 9.29 Å². The molecule has 1 atom stereocenters. The lowest BCUT2D eigenvalue weighted by Crippen LogP contribution is -2.45. The molecule has 6 heteroatoms. The van der Waals surface area contributed by atoms with E-state index in [1.54, 1.807) is 18.3 Å². The molecule has 5 nitrogen and oxygen atoms in total. The summed E-state index contributed by atoms with van der Waals surface area (Å²) >= 11 is 0. The number of pyridine rings is 1. The molecule has 0 saturated carbocycles. The van der Waals surface area contributed by atoms with Crippen LogP contribution in [-0.4, -0.2) is 36.8 Å². The Morgan fingerprint density at radius 2 is 2.31 bits per heavy atom. The van der Waals surface area contributed by atoms with E-state index in [4.69, 9.17) is 5.73 Å². The summed E-state index contributed by atoms with van der Waals surface area (Å²) in [6.45, 7) is 0.947. The van der Waals surface area contributed by atoms with E-state index in [-0.39, 0.29) is 10.9 Å². The first kappa shape index (κ1) is 11.5. The van der Waals surface area contributed by atoms with Gasteiger partial charge in [-0.05, 0) is 25.0 Å². The van der Waals surface area contributed by atoms with Gasteiger partial charge in [0.1, 0.15) is 4.90 Å². The van der Waals surface area contributed by atoms with Crippen molar-refractivity contribution in [3.05, 3.63) is 24.5 Å². The van der Waals surface area contributed by atoms with Crippen molar-refractivity contribution in [3.63, 3.8) is 0 Å². The molecule has 16 heavy (non-hydrogen) atoms. The molecule has 2 N–H and O–H groups in total. The largest absolute Gasteiger partial charge is 0.327 e. The van der Waals surface area contributed by atoms with Gasteiger partial charge in [-0.15, -0.1) is 0 Å². The van der Waals surface area contributed by atoms with Crippen molar-refractivity contribution >= 4 is 10.0 Å². The number of piperidine rings is 1. The van der Waals surface area contributed by atoms with Crippen molar-refractivity contribution in [3.8, 4) is 0 Å². The molecule has 1 aromatic rings. The number of hydrogen-bond acceptors (Lipinski definition) is 4. The fourth-order valence-electron chi connectivity index (χ4n) is 1.84. The van der Waals surface area contributed by atoms with Crippen LogP contribution in [0.15, 0.2) is 29.4 Å². The van der Waals surface area contributed by atoms with Crippen LogP contribution < -0.4 is 5.73 Å². The monoisotopic (exact) mass is 241 g/mol. The van der Waals surface area contributed by atoms with Crippen molar-refractivity contribution in [1.29, 1.82) is 0 Å². The average Bonchev–Trinajstić information content (AvgIpc) is 2.30. The Bertz CT molecular complexity index is 446. The van der Waals surface area contributed by atoms with Crippen molar-refractivity contribution < 1.29 is 8.42 Å². The van der Waals surface area contributed by atoms with E-state index < -0.39 is 10.0 Å². The van der Waals surface area contributed by atoms with Gasteiger partial charge >= 0.3 is 0 Å². The first-order valence-electron chi connectivity index (χ1n) is 5.26. The smallest absolute Gasteiger partial charge is 0.244 e. The Labute approximate surface area is 95.3 Å². The van der Waals surface area contributed by atoms with Crippen LogP contribution in [0.2, 0.25) is 0 Å². The summed E-state index contributed by atoms with van der Waals surface area (Å²) in [5.41, 5.74) is 5.78. The third-order valence-corrected chi connectivity index (χ3v) is 4.54. The zero-order chi connectivity index (χ0) is 11.6. The molecule has 1 fully saturated rings. The highest BCUT2D eigenvalue weighted by atomic mass is 32.2. The number of sulfonamides is 1. The highest BCUT2D eigenvalue weighted by molar-refractivity contribution is 7.89. The third kappa shape index (κ3) is 2.23. The normalized spacial score (nSPS) is 23.2. The van der Waals surface area contributed by atoms with E-state index in [2.05, 4.69) is 4.98 Å². The quantitative estimate of drug-likeness (QED) is 0.802. The van der Waals surface area contributed by atoms with Crippen LogP contribution in [0.1, 0.15) is 12.8 Å². The summed E-state index contributed by atoms with van der Waals surface area (Å²) in [6, 6.07) is 3.12. The standard InChI is InChI=1S/C10H15N3O2S/c11-9-3-2-6-13(8-9)16(14,15)10-4-1-5-12-7-10/h1,4-5,7,9H,2-3,6,8,11H2/t9-/m1/s1. The molecular formula is C10H15N3O2S. The van der Waals surface area contributed by atoms with Gasteiger partial charge in [-0.3, -0.25) is 4.98 Å². The first-order chi connectivity index (χ1) is 7.60. The van der Waals surface area contributed by atoms with Gasteiger partial charge in [-0.1, -0.05) is 0 Å². The molecule has 0 bridgehead atoms. The topological polar surface area (TPSA) is 76.3 Å². The van der Waals surface area contributed by atoms with Gasteiger partial charge in [-0.25, -0.2) is 8.42 Å². The maximum Gasteiger partial charge on any atom is 0.244 e. The van der Waals surface area contributed by atoms with Crippen molar-refractivity contribution in [2.45, 2.75) is 23.8 Å². The number of nitrogens with zero attached hydrogens (tertiary/aromatic N) is 2. The molecular weight excluding hydrogens is 226 g/mol. The van der Waals surface area contributed by atoms with Crippen LogP contribution in [0, 0.1) is 0 Å². The Balaban J connectivity index is 2.26. The SMILES string of the molecule is N[C@@H]1CCCN(S(=O)(=O)c2cccnc2)C1. The molecule has 0 amide bonds. The fourth-order valence-corrected chi connectivity index (χ4v) is 3.34. The third-order valence-electron chi connectivity index (χ3n) is 2.69. The lowest BCUT2D eigenvalue weighted by Gasteiger charge is -2.29. The second-order valence-corrected chi connectivity index (χ2v) is 5.89. The van der Waals surface area contributed by atoms with E-state index in [1.165, 1.54) is 10.5 Å². The maximum atomic E-state index is 12.2. The van der Waals surface area contributed by atoms with E-state index in [1.807, 2.05) is 0 Å². The molecule has 2 heterocycles. The molecule has 0 aliphatic carbocycles. The number of hydrogen-bond donors (Lipinski definition) is 1. The van der Waals surface area contributed by atoms with Crippen molar-refractivity contribution in [2.24, 2.45) is 5.73 Å². The molecule has 0 radical (unpaired) electrons. The lowest BCUT2D eigenvalue weighted by molar-refractivity contribution is 0.316. The molecule has 1 aliphatic heterocycles. The molecule has 1 saturated heterocycles. The lowest BCUT2D eigenvalue weighted by atomic mass is 10.1. The predicted octanol–water partition coefficient (Wildman–Crippen LogP) is 0.193. The average molecular weight is 241 g/mol. The fraction of sp³-hybridized carbons (Fsp3) is 0.500. The summed E-state index contributed by atoms with van der Waals surface area (Å²) in [7, 11) is -3.40. The van der Waals surface area contributed by atoms with Crippen LogP contribution in [0.3, 0.4) is 0 Å². The Hall–Kier alpha value is -0.980. The van der Waals surface area contributed by atoms with E-state index in [0.29, 0.717) is 13.1 Å². The predicted molar refractivity (Wildman–Crippen MR) is 60.2 cm³/mol. The Morgan fingerprint density at radius 3 is 2.94 bits per heavy atom. The Kier molecular flexibility index (Phi) is 3.22. The van der Waals surface area contributed by atoms with Gasteiger partial charge < -0.3 is 5.73 Å². The minimum absolute atomic E-state index is 0.0554. The molecule has 0 unspecified atom stereocenters. The van der Waals surface area contributed by atoms with Crippen LogP contribution >= 0.6 is 0 Å². The minimum atomic E-state index is -3.40. The van der Waals surface area contributed by atoms with Gasteiger partial charge in [0.05, 0.1) is 0 Å². The van der Waals surface area contributed by atoms with Gasteiger partial charge in [0.25, 0.3) is 0 Å². The molecule has 2 rings (SSSR count). The number of nitrogens with two attached hydrogens (primary N) is 1. The molecule has 0 spiro atoms. The highest BCUT2D eigenvalue weighted by Crippen LogP contribution is 2.18. The van der Waals surface area contributed by atoms with Gasteiger partial charge in [0, 0.05) is 31.5 Å². The summed E-state index contributed by atoms with van der Waals surface area (Å²) < 4.78 is 25.8. The van der Waals surface area contributed by atoms with E-state index >= 15 is 0 Å². The van der Waals surface area contributed by atoms with Gasteiger partial charge in [0.2, 0.25) is 10.0 Å². The molecule has 1 aromatic heterocycles. The Morgan fingerprint density at radius 1 is 1.50 bits per heavy atom. The van der Waals surface area contributed by atoms with Crippen LogP contribution in [0.5, 0.6) is 0 Å². The van der Waals surface area contributed by atoms with Crippen LogP contribution in [-0.2, 0) is 10.0 Å². The highest BCUT2D eigenvalue weighted by Gasteiger charge is 2.28. The maximum absolute atomic E-state index is 12.2. The molecule has 88 valence electrons. The minimum Gasteiger partial charge on any atom is -0.327 e. The number of rotatable bonds is 2. The summed E-state index contributed by atoms with van der Waals surface area (Å²) in [6.07, 6.45) is 4.64. The van der Waals surface area contributed by atoms with Crippen LogP contribution in [0.4, 0.5) is 0 Å². The molecule has 1 aliphatic rings.